The number of rotatable bonds is 9. The van der Waals surface area contributed by atoms with Gasteiger partial charge in [-0.2, -0.15) is 15.0 Å². The van der Waals surface area contributed by atoms with Crippen LogP contribution in [0.1, 0.15) is 40.5 Å². The van der Waals surface area contributed by atoms with Gasteiger partial charge in [-0.05, 0) is 26.7 Å². The van der Waals surface area contributed by atoms with Gasteiger partial charge in [-0.15, -0.1) is 0 Å². The molecule has 178 valence electrons. The van der Waals surface area contributed by atoms with Crippen LogP contribution in [0.3, 0.4) is 0 Å². The van der Waals surface area contributed by atoms with Crippen LogP contribution in [-0.2, 0) is 0 Å². The quantitative estimate of drug-likeness (QED) is 0.557. The van der Waals surface area contributed by atoms with Gasteiger partial charge in [-0.25, -0.2) is 9.78 Å². The first kappa shape index (κ1) is 24.2. The minimum Gasteiger partial charge on any atom is -0.348 e. The van der Waals surface area contributed by atoms with Crippen LogP contribution in [-0.4, -0.2) is 73.7 Å². The molecule has 2 aromatic heterocycles. The molecule has 2 aromatic rings. The summed E-state index contributed by atoms with van der Waals surface area (Å²) in [6.07, 6.45) is 6.53. The average Bonchev–Trinajstić information content (AvgIpc) is 3.35. The predicted molar refractivity (Wildman–Crippen MR) is 132 cm³/mol. The van der Waals surface area contributed by atoms with Crippen molar-refractivity contribution in [3.63, 3.8) is 0 Å². The zero-order valence-electron chi connectivity index (χ0n) is 20.1. The van der Waals surface area contributed by atoms with Gasteiger partial charge in [0.1, 0.15) is 6.33 Å². The summed E-state index contributed by atoms with van der Waals surface area (Å²) in [6, 6.07) is 0.0636. The first-order valence-corrected chi connectivity index (χ1v) is 11.4. The van der Waals surface area contributed by atoms with Crippen molar-refractivity contribution in [1.29, 1.82) is 0 Å². The highest BCUT2D eigenvalue weighted by molar-refractivity contribution is 5.77. The van der Waals surface area contributed by atoms with Gasteiger partial charge in [-0.1, -0.05) is 38.2 Å². The number of nitrogens with one attached hydrogen (secondary N) is 2. The van der Waals surface area contributed by atoms with E-state index in [2.05, 4.69) is 52.5 Å². The average molecular weight is 454 g/mol. The molecule has 2 atom stereocenters. The van der Waals surface area contributed by atoms with Crippen LogP contribution in [0.25, 0.3) is 0 Å². The fourth-order valence-corrected chi connectivity index (χ4v) is 3.73. The predicted octanol–water partition coefficient (Wildman–Crippen LogP) is 3.39. The lowest BCUT2D eigenvalue weighted by molar-refractivity contribution is 0.195. The lowest BCUT2D eigenvalue weighted by atomic mass is 10.1. The number of piperazine rings is 1. The van der Waals surface area contributed by atoms with Crippen molar-refractivity contribution in [2.75, 3.05) is 41.7 Å². The lowest BCUT2D eigenvalue weighted by Gasteiger charge is -2.34. The summed E-state index contributed by atoms with van der Waals surface area (Å²) in [4.78, 5) is 34.5. The van der Waals surface area contributed by atoms with Crippen LogP contribution in [0, 0.1) is 0 Å². The maximum Gasteiger partial charge on any atom is 0.329 e. The highest BCUT2D eigenvalue weighted by atomic mass is 16.2. The molecule has 0 saturated carbocycles. The van der Waals surface area contributed by atoms with Crippen LogP contribution in [0.5, 0.6) is 0 Å². The fourth-order valence-electron chi connectivity index (χ4n) is 3.73. The van der Waals surface area contributed by atoms with E-state index in [1.54, 1.807) is 17.3 Å². The lowest BCUT2D eigenvalue weighted by Crippen LogP contribution is -2.50. The largest absolute Gasteiger partial charge is 0.348 e. The van der Waals surface area contributed by atoms with E-state index >= 15 is 0 Å². The Balaban J connectivity index is 1.80. The van der Waals surface area contributed by atoms with Crippen LogP contribution in [0.2, 0.25) is 0 Å². The van der Waals surface area contributed by atoms with Gasteiger partial charge in [0.2, 0.25) is 17.8 Å². The van der Waals surface area contributed by atoms with Crippen molar-refractivity contribution < 1.29 is 4.79 Å². The number of hydrogen-bond donors (Lipinski definition) is 2. The third-order valence-electron chi connectivity index (χ3n) is 5.79. The zero-order valence-corrected chi connectivity index (χ0v) is 20.1. The van der Waals surface area contributed by atoms with E-state index in [1.165, 1.54) is 10.9 Å². The van der Waals surface area contributed by atoms with Crippen LogP contribution >= 0.6 is 0 Å². The molecular formula is C23H35N9O. The number of anilines is 3. The van der Waals surface area contributed by atoms with Gasteiger partial charge in [0.05, 0.1) is 0 Å². The maximum absolute atomic E-state index is 12.6. The molecule has 2 unspecified atom stereocenters. The highest BCUT2D eigenvalue weighted by Crippen LogP contribution is 2.20. The molecule has 1 amide bonds. The molecule has 2 N–H and O–H groups in total. The Hall–Kier alpha value is -3.43. The van der Waals surface area contributed by atoms with Crippen molar-refractivity contribution in [2.24, 2.45) is 0 Å². The number of hydrogen-bond acceptors (Lipinski definition) is 8. The second kappa shape index (κ2) is 10.9. The molecular weight excluding hydrogens is 418 g/mol. The van der Waals surface area contributed by atoms with Gasteiger partial charge >= 0.3 is 6.03 Å². The van der Waals surface area contributed by atoms with Gasteiger partial charge in [0.15, 0.2) is 0 Å². The summed E-state index contributed by atoms with van der Waals surface area (Å²) in [5, 5.41) is 6.78. The molecule has 10 nitrogen and oxygen atoms in total. The smallest absolute Gasteiger partial charge is 0.329 e. The molecule has 3 rings (SSSR count). The Morgan fingerprint density at radius 3 is 1.94 bits per heavy atom. The third-order valence-corrected chi connectivity index (χ3v) is 5.79. The van der Waals surface area contributed by atoms with Gasteiger partial charge < -0.3 is 20.4 Å². The van der Waals surface area contributed by atoms with Gasteiger partial charge in [0, 0.05) is 50.7 Å². The minimum atomic E-state index is -0.0769. The van der Waals surface area contributed by atoms with E-state index < -0.39 is 0 Å². The highest BCUT2D eigenvalue weighted by Gasteiger charge is 2.25. The number of carbonyl (C=O) groups is 1. The maximum atomic E-state index is 12.6. The molecule has 1 saturated heterocycles. The Morgan fingerprint density at radius 1 is 0.970 bits per heavy atom. The van der Waals surface area contributed by atoms with Crippen LogP contribution < -0.4 is 15.5 Å². The summed E-state index contributed by atoms with van der Waals surface area (Å²) < 4.78 is 1.49. The fraction of sp³-hybridized carbons (Fsp3) is 0.522. The monoisotopic (exact) mass is 453 g/mol. The molecule has 3 heterocycles. The molecule has 0 aromatic carbocycles. The first-order chi connectivity index (χ1) is 15.8. The Bertz CT molecular complexity index is 922. The Labute approximate surface area is 195 Å². The SMILES string of the molecule is C=C(C)C(CC)Nc1nc(NC(CC)C(=C)C)nc(N2CCN(C(=O)n3ccnc3)CC2)n1. The second-order valence-electron chi connectivity index (χ2n) is 8.41. The van der Waals surface area contributed by atoms with E-state index in [0.29, 0.717) is 44.0 Å². The van der Waals surface area contributed by atoms with Crippen molar-refractivity contribution >= 4 is 23.9 Å². The molecule has 33 heavy (non-hydrogen) atoms. The molecule has 0 bridgehead atoms. The number of carbonyl (C=O) groups excluding carboxylic acids is 1. The minimum absolute atomic E-state index is 0.0702. The van der Waals surface area contributed by atoms with Crippen LogP contribution in [0.15, 0.2) is 43.0 Å². The Morgan fingerprint density at radius 2 is 1.52 bits per heavy atom. The molecule has 1 aliphatic rings. The van der Waals surface area contributed by atoms with Crippen molar-refractivity contribution in [3.8, 4) is 0 Å². The van der Waals surface area contributed by atoms with E-state index in [0.717, 1.165) is 24.0 Å². The topological polar surface area (TPSA) is 104 Å². The molecule has 10 heteroatoms. The van der Waals surface area contributed by atoms with E-state index in [9.17, 15) is 4.79 Å². The number of imidazole rings is 1. The summed E-state index contributed by atoms with van der Waals surface area (Å²) in [5.41, 5.74) is 2.04. The van der Waals surface area contributed by atoms with Crippen molar-refractivity contribution in [2.45, 2.75) is 52.6 Å². The van der Waals surface area contributed by atoms with Gasteiger partial charge in [0.25, 0.3) is 0 Å². The van der Waals surface area contributed by atoms with Crippen LogP contribution in [0.4, 0.5) is 22.6 Å². The zero-order chi connectivity index (χ0) is 24.0. The van der Waals surface area contributed by atoms with E-state index in [-0.39, 0.29) is 18.1 Å². The number of nitrogens with zero attached hydrogens (tertiary/aromatic N) is 7. The number of aromatic nitrogens is 5. The standard InChI is InChI=1S/C23H35N9O/c1-7-18(16(3)4)25-20-27-21(26-19(8-2)17(5)6)29-22(28-20)30-11-13-31(14-12-30)23(33)32-10-9-24-15-32/h9-10,15,18-19H,3,5,7-8,11-14H2,1-2,4,6H3,(H2,25,26,27,28,29). The molecule has 0 radical (unpaired) electrons. The molecule has 1 fully saturated rings. The number of amides is 1. The molecule has 0 aliphatic carbocycles. The molecule has 0 spiro atoms. The second-order valence-corrected chi connectivity index (χ2v) is 8.41. The summed E-state index contributed by atoms with van der Waals surface area (Å²) in [5.74, 6) is 1.59. The van der Waals surface area contributed by atoms with E-state index in [4.69, 9.17) is 9.97 Å². The summed E-state index contributed by atoms with van der Waals surface area (Å²) in [7, 11) is 0. The normalized spacial score (nSPS) is 15.6. The third kappa shape index (κ3) is 6.09. The van der Waals surface area contributed by atoms with Crippen molar-refractivity contribution in [1.82, 2.24) is 29.4 Å². The Kier molecular flexibility index (Phi) is 8.02. The van der Waals surface area contributed by atoms with Crippen molar-refractivity contribution in [3.05, 3.63) is 43.0 Å². The molecule has 1 aliphatic heterocycles. The summed E-state index contributed by atoms with van der Waals surface area (Å²) >= 11 is 0. The van der Waals surface area contributed by atoms with E-state index in [1.807, 2.05) is 13.8 Å². The van der Waals surface area contributed by atoms with Gasteiger partial charge in [-0.3, -0.25) is 4.57 Å². The summed E-state index contributed by atoms with van der Waals surface area (Å²) in [6.45, 7) is 18.7. The first-order valence-electron chi connectivity index (χ1n) is 11.4.